The molecule has 0 saturated carbocycles. The van der Waals surface area contributed by atoms with Gasteiger partial charge >= 0.3 is 11.9 Å². The topological polar surface area (TPSA) is 93.6 Å². The van der Waals surface area contributed by atoms with E-state index in [1.54, 1.807) is 0 Å². The number of rotatable bonds is 4. The Hall–Kier alpha value is -2.34. The van der Waals surface area contributed by atoms with Crippen LogP contribution in [0.5, 0.6) is 0 Å². The number of aromatic amines is 1. The van der Waals surface area contributed by atoms with Gasteiger partial charge in [0.15, 0.2) is 0 Å². The number of hydrogen-bond acceptors (Lipinski definition) is 3. The Morgan fingerprint density at radius 3 is 2.80 bits per heavy atom. The number of hydrogen-bond donors (Lipinski definition) is 3. The Kier molecular flexibility index (Phi) is 3.80. The first-order valence-electron chi connectivity index (χ1n) is 8.84. The van der Waals surface area contributed by atoms with Crippen LogP contribution in [-0.2, 0) is 11.2 Å². The van der Waals surface area contributed by atoms with Crippen LogP contribution < -0.4 is 0 Å². The van der Waals surface area contributed by atoms with E-state index >= 15 is 0 Å². The van der Waals surface area contributed by atoms with Crippen molar-refractivity contribution in [3.8, 4) is 0 Å². The molecule has 2 heterocycles. The van der Waals surface area contributed by atoms with Gasteiger partial charge in [-0.3, -0.25) is 9.69 Å². The Labute approximate surface area is 145 Å². The van der Waals surface area contributed by atoms with E-state index in [0.29, 0.717) is 19.4 Å². The Morgan fingerprint density at radius 1 is 1.32 bits per heavy atom. The lowest BCUT2D eigenvalue weighted by Gasteiger charge is -2.46. The summed E-state index contributed by atoms with van der Waals surface area (Å²) in [4.78, 5) is 28.6. The molecule has 1 saturated heterocycles. The van der Waals surface area contributed by atoms with Gasteiger partial charge in [-0.1, -0.05) is 19.1 Å². The number of aromatic carboxylic acids is 1. The number of aliphatic carboxylic acids is 1. The second kappa shape index (κ2) is 5.88. The molecular weight excluding hydrogens is 320 g/mol. The van der Waals surface area contributed by atoms with Crippen molar-refractivity contribution >= 4 is 22.8 Å². The molecule has 1 fully saturated rings. The van der Waals surface area contributed by atoms with Crippen LogP contribution in [0.15, 0.2) is 18.2 Å². The number of piperidine rings is 1. The molecule has 25 heavy (non-hydrogen) atoms. The number of carboxylic acid groups (broad SMARTS) is 2. The molecule has 3 N–H and O–H groups in total. The molecule has 1 unspecified atom stereocenters. The summed E-state index contributed by atoms with van der Waals surface area (Å²) in [5.41, 5.74) is 3.08. The van der Waals surface area contributed by atoms with Gasteiger partial charge in [-0.05, 0) is 43.0 Å². The Balaban J connectivity index is 1.87. The third-order valence-electron chi connectivity index (χ3n) is 5.77. The number of aromatic nitrogens is 1. The SMILES string of the molecule is CCCN1CC(C(=O)O)C[C@@H]2c3cccc4[nH]c(C(=O)O)c(c34)C[C@H]21. The highest BCUT2D eigenvalue weighted by molar-refractivity contribution is 5.99. The molecule has 0 spiro atoms. The van der Waals surface area contributed by atoms with Gasteiger partial charge in [0.1, 0.15) is 5.69 Å². The predicted octanol–water partition coefficient (Wildman–Crippen LogP) is 2.69. The van der Waals surface area contributed by atoms with Crippen LogP contribution in [0.2, 0.25) is 0 Å². The minimum Gasteiger partial charge on any atom is -0.481 e. The molecule has 1 aromatic heterocycles. The molecule has 3 atom stereocenters. The lowest BCUT2D eigenvalue weighted by molar-refractivity contribution is -0.144. The fourth-order valence-corrected chi connectivity index (χ4v) is 4.79. The van der Waals surface area contributed by atoms with Crippen molar-refractivity contribution in [2.75, 3.05) is 13.1 Å². The van der Waals surface area contributed by atoms with Crippen molar-refractivity contribution in [1.82, 2.24) is 9.88 Å². The van der Waals surface area contributed by atoms with Crippen LogP contribution in [0.3, 0.4) is 0 Å². The minimum atomic E-state index is -0.933. The van der Waals surface area contributed by atoms with Crippen molar-refractivity contribution < 1.29 is 19.8 Å². The molecule has 6 nitrogen and oxygen atoms in total. The molecule has 0 amide bonds. The first kappa shape index (κ1) is 16.1. The third kappa shape index (κ3) is 2.43. The molecule has 6 heteroatoms. The number of likely N-dealkylation sites (tertiary alicyclic amines) is 1. The van der Waals surface area contributed by atoms with Crippen LogP contribution in [0.25, 0.3) is 10.9 Å². The van der Waals surface area contributed by atoms with Gasteiger partial charge < -0.3 is 15.2 Å². The molecule has 2 aromatic rings. The Bertz CT molecular complexity index is 856. The number of fused-ring (bicyclic) bond motifs is 2. The fourth-order valence-electron chi connectivity index (χ4n) is 4.79. The molecule has 4 rings (SSSR count). The summed E-state index contributed by atoms with van der Waals surface area (Å²) >= 11 is 0. The highest BCUT2D eigenvalue weighted by atomic mass is 16.4. The molecule has 2 aliphatic rings. The number of H-pyrrole nitrogens is 1. The van der Waals surface area contributed by atoms with E-state index in [0.717, 1.165) is 35.0 Å². The van der Waals surface area contributed by atoms with E-state index in [4.69, 9.17) is 0 Å². The number of carbonyl (C=O) groups is 2. The largest absolute Gasteiger partial charge is 0.481 e. The summed E-state index contributed by atoms with van der Waals surface area (Å²) in [6.07, 6.45) is 2.23. The number of nitrogens with one attached hydrogen (secondary N) is 1. The van der Waals surface area contributed by atoms with Crippen molar-refractivity contribution in [3.05, 3.63) is 35.0 Å². The first-order valence-corrected chi connectivity index (χ1v) is 8.84. The quantitative estimate of drug-likeness (QED) is 0.794. The smallest absolute Gasteiger partial charge is 0.352 e. The molecule has 0 bridgehead atoms. The second-order valence-corrected chi connectivity index (χ2v) is 7.20. The summed E-state index contributed by atoms with van der Waals surface area (Å²) in [7, 11) is 0. The molecule has 1 aromatic carbocycles. The van der Waals surface area contributed by atoms with E-state index in [1.807, 2.05) is 18.2 Å². The van der Waals surface area contributed by atoms with Gasteiger partial charge in [-0.2, -0.15) is 0 Å². The minimum absolute atomic E-state index is 0.134. The molecule has 1 aliphatic carbocycles. The van der Waals surface area contributed by atoms with Crippen LogP contribution >= 0.6 is 0 Å². The number of nitrogens with zero attached hydrogens (tertiary/aromatic N) is 1. The molecule has 1 aliphatic heterocycles. The molecule has 132 valence electrons. The maximum Gasteiger partial charge on any atom is 0.352 e. The van der Waals surface area contributed by atoms with Crippen molar-refractivity contribution in [3.63, 3.8) is 0 Å². The second-order valence-electron chi connectivity index (χ2n) is 7.20. The van der Waals surface area contributed by atoms with E-state index in [1.165, 1.54) is 0 Å². The third-order valence-corrected chi connectivity index (χ3v) is 5.77. The zero-order valence-electron chi connectivity index (χ0n) is 14.2. The Morgan fingerprint density at radius 2 is 2.12 bits per heavy atom. The zero-order chi connectivity index (χ0) is 17.7. The summed E-state index contributed by atoms with van der Waals surface area (Å²) in [6.45, 7) is 3.47. The van der Waals surface area contributed by atoms with Crippen molar-refractivity contribution in [2.24, 2.45) is 5.92 Å². The van der Waals surface area contributed by atoms with E-state index in [-0.39, 0.29) is 23.6 Å². The zero-order valence-corrected chi connectivity index (χ0v) is 14.2. The lowest BCUT2D eigenvalue weighted by atomic mass is 9.72. The maximum absolute atomic E-state index is 11.7. The van der Waals surface area contributed by atoms with Crippen LogP contribution in [-0.4, -0.2) is 51.2 Å². The number of carboxylic acids is 2. The molecule has 0 radical (unpaired) electrons. The van der Waals surface area contributed by atoms with E-state index in [2.05, 4.69) is 16.8 Å². The van der Waals surface area contributed by atoms with Gasteiger partial charge in [0.25, 0.3) is 0 Å². The standard InChI is InChI=1S/C19H22N2O4/c1-2-6-21-9-10(18(22)23)7-12-11-4-3-5-14-16(11)13(8-15(12)21)17(20-14)19(24)25/h3-5,10,12,15,20H,2,6-9H2,1H3,(H,22,23)(H,24,25)/t10?,12-,15-/m1/s1. The van der Waals surface area contributed by atoms with Crippen LogP contribution in [0.1, 0.15) is 47.3 Å². The molecular formula is C19H22N2O4. The maximum atomic E-state index is 11.7. The summed E-state index contributed by atoms with van der Waals surface area (Å²) in [6, 6.07) is 6.04. The average Bonchev–Trinajstić information content (AvgIpc) is 2.96. The van der Waals surface area contributed by atoms with Gasteiger partial charge in [0.2, 0.25) is 0 Å². The summed E-state index contributed by atoms with van der Waals surface area (Å²) in [5.74, 6) is -1.91. The fraction of sp³-hybridized carbons (Fsp3) is 0.474. The summed E-state index contributed by atoms with van der Waals surface area (Å²) in [5, 5.41) is 20.1. The van der Waals surface area contributed by atoms with E-state index in [9.17, 15) is 19.8 Å². The average molecular weight is 342 g/mol. The highest BCUT2D eigenvalue weighted by Gasteiger charge is 2.43. The van der Waals surface area contributed by atoms with Gasteiger partial charge in [-0.15, -0.1) is 0 Å². The summed E-state index contributed by atoms with van der Waals surface area (Å²) < 4.78 is 0. The van der Waals surface area contributed by atoms with Crippen LogP contribution in [0, 0.1) is 5.92 Å². The van der Waals surface area contributed by atoms with Crippen molar-refractivity contribution in [1.29, 1.82) is 0 Å². The number of benzene rings is 1. The normalized spacial score (nSPS) is 25.7. The van der Waals surface area contributed by atoms with Gasteiger partial charge in [0.05, 0.1) is 5.92 Å². The lowest BCUT2D eigenvalue weighted by Crippen LogP contribution is -2.51. The van der Waals surface area contributed by atoms with E-state index < -0.39 is 11.9 Å². The van der Waals surface area contributed by atoms with Gasteiger partial charge in [-0.25, -0.2) is 4.79 Å². The predicted molar refractivity (Wildman–Crippen MR) is 93.1 cm³/mol. The van der Waals surface area contributed by atoms with Gasteiger partial charge in [0, 0.05) is 29.4 Å². The monoisotopic (exact) mass is 342 g/mol. The van der Waals surface area contributed by atoms with Crippen molar-refractivity contribution in [2.45, 2.75) is 38.1 Å². The first-order chi connectivity index (χ1) is 12.0. The highest BCUT2D eigenvalue weighted by Crippen LogP contribution is 2.45. The van der Waals surface area contributed by atoms with Crippen LogP contribution in [0.4, 0.5) is 0 Å².